The van der Waals surface area contributed by atoms with Crippen LogP contribution in [0, 0.1) is 0 Å². The van der Waals surface area contributed by atoms with Crippen molar-refractivity contribution in [3.63, 3.8) is 0 Å². The van der Waals surface area contributed by atoms with Crippen molar-refractivity contribution in [3.8, 4) is 56.7 Å². The highest BCUT2D eigenvalue weighted by Gasteiger charge is 2.52. The van der Waals surface area contributed by atoms with E-state index in [1.54, 1.807) is 66.9 Å². The summed E-state index contributed by atoms with van der Waals surface area (Å²) >= 11 is 3.50. The molecule has 4 aliphatic rings. The molecule has 0 radical (unpaired) electrons. The predicted molar refractivity (Wildman–Crippen MR) is 341 cm³/mol. The number of fused-ring (bicyclic) bond motifs is 4. The molecule has 0 bridgehead atoms. The average Bonchev–Trinajstić information content (AvgIpc) is 1.61. The lowest BCUT2D eigenvalue weighted by molar-refractivity contribution is 0.00578. The highest BCUT2D eigenvalue weighted by Crippen LogP contribution is 2.40. The highest BCUT2D eigenvalue weighted by atomic mass is 79.9. The van der Waals surface area contributed by atoms with Gasteiger partial charge in [-0.2, -0.15) is 15.3 Å². The zero-order valence-electron chi connectivity index (χ0n) is 52.0. The van der Waals surface area contributed by atoms with Gasteiger partial charge >= 0.3 is 19.1 Å². The van der Waals surface area contributed by atoms with E-state index in [-0.39, 0.29) is 17.7 Å². The second-order valence-electron chi connectivity index (χ2n) is 23.5. The van der Waals surface area contributed by atoms with Gasteiger partial charge in [-0.05, 0) is 123 Å². The maximum absolute atomic E-state index is 12.7. The first-order chi connectivity index (χ1) is 44.9. The van der Waals surface area contributed by atoms with Gasteiger partial charge in [-0.1, -0.05) is 18.2 Å². The molecule has 1 fully saturated rings. The number of carbonyl (C=O) groups is 2. The minimum Gasteiger partial charge on any atom is -0.465 e. The number of aryl methyl sites for hydroxylation is 3. The van der Waals surface area contributed by atoms with Crippen molar-refractivity contribution >= 4 is 62.7 Å². The Morgan fingerprint density at radius 3 is 1.51 bits per heavy atom. The van der Waals surface area contributed by atoms with Crippen molar-refractivity contribution < 1.29 is 54.7 Å². The summed E-state index contributed by atoms with van der Waals surface area (Å²) in [4.78, 5) is 56.6. The third-order valence-electron chi connectivity index (χ3n) is 16.7. The van der Waals surface area contributed by atoms with E-state index in [1.165, 1.54) is 47.0 Å². The van der Waals surface area contributed by atoms with Crippen molar-refractivity contribution in [1.82, 2.24) is 68.0 Å². The van der Waals surface area contributed by atoms with E-state index < -0.39 is 62.6 Å². The fourth-order valence-corrected chi connectivity index (χ4v) is 12.1. The number of esters is 2. The number of aromatic nitrogens is 14. The number of nitrogen functional groups attached to an aromatic ring is 2. The number of alkyl halides is 6. The first-order valence-corrected chi connectivity index (χ1v) is 30.9. The largest absolute Gasteiger partial charge is 0.494 e. The monoisotopic (exact) mass is 1360 g/mol. The van der Waals surface area contributed by atoms with E-state index in [2.05, 4.69) is 59.9 Å². The normalized spacial score (nSPS) is 15.0. The number of benzene rings is 3. The Kier molecular flexibility index (Phi) is 19.2. The summed E-state index contributed by atoms with van der Waals surface area (Å²) in [6.45, 7) is 9.14. The molecule has 0 unspecified atom stereocenters. The number of methoxy groups -OCH3 is 2. The standard InChI is InChI=1S/C19H16F2N6O.C19H19F2N5O2.C14H20BNO4.C11H11BrF2N4/c20-15(21)9-26-7-5-14(25-26)17-18(27-6-1-2-16(27)24-17)11-3-4-13-12(8-11)19(28)23-10-22-13;1-28-19(27)12-9-11(4-5-13(12)22)18-17(23-16-3-2-7-26(16)18)14-6-8-25(24-14)10-15(20)21;1-13(2)14(3,4)20-15(19-13)9-6-7-11(16)10(8-9)12(17)18-5;12-11-10(15-9-2-1-4-18(9)11)7-3-5-17(16-7)6-8(13)14/h3-5,7-8,10,15H,1-2,6,9H2,(H,22,23,28);4-6,8-9,15H,2-3,7,10,22H2,1H3;6-8H,16H2,1-5H3;3,5,8H,1-2,4,6H2. The van der Waals surface area contributed by atoms with Gasteiger partial charge < -0.3 is 48.9 Å². The summed E-state index contributed by atoms with van der Waals surface area (Å²) in [6.07, 6.45) is 4.30. The molecule has 0 atom stereocenters. The molecule has 94 heavy (non-hydrogen) atoms. The van der Waals surface area contributed by atoms with Gasteiger partial charge in [0.2, 0.25) is 0 Å². The smallest absolute Gasteiger partial charge is 0.465 e. The number of aromatic amines is 1. The maximum atomic E-state index is 12.7. The fraction of sp³-hybridized carbons (Fsp3) is 0.365. The van der Waals surface area contributed by atoms with Gasteiger partial charge in [0.15, 0.2) is 0 Å². The third kappa shape index (κ3) is 13.8. The molecule has 0 amide bonds. The number of hydrogen-bond acceptors (Lipinski definition) is 16. The van der Waals surface area contributed by atoms with Crippen LogP contribution in [0.2, 0.25) is 0 Å². The molecule has 1 saturated heterocycles. The molecule has 492 valence electrons. The van der Waals surface area contributed by atoms with Gasteiger partial charge in [-0.25, -0.2) is 55.9 Å². The van der Waals surface area contributed by atoms with Gasteiger partial charge in [0.05, 0.1) is 65.2 Å². The van der Waals surface area contributed by atoms with Gasteiger partial charge in [0.1, 0.15) is 75.9 Å². The number of ether oxygens (including phenoxy) is 2. The molecule has 5 N–H and O–H groups in total. The Bertz CT molecular complexity index is 4480. The molecule has 14 rings (SSSR count). The van der Waals surface area contributed by atoms with Crippen LogP contribution in [0.5, 0.6) is 0 Å². The van der Waals surface area contributed by atoms with Crippen LogP contribution in [-0.4, -0.2) is 132 Å². The molecular formula is C63H66BBrF6N16O7. The molecule has 3 aromatic carbocycles. The van der Waals surface area contributed by atoms with Gasteiger partial charge in [0.25, 0.3) is 24.8 Å². The Balaban J connectivity index is 0.000000130. The summed E-state index contributed by atoms with van der Waals surface area (Å²) in [5.74, 6) is 1.88. The molecule has 10 aromatic rings. The number of nitrogens with two attached hydrogens (primary N) is 2. The first kappa shape index (κ1) is 66.1. The fourth-order valence-electron chi connectivity index (χ4n) is 11.4. The van der Waals surface area contributed by atoms with Crippen molar-refractivity contribution in [1.29, 1.82) is 0 Å². The number of hydrogen-bond donors (Lipinski definition) is 3. The van der Waals surface area contributed by atoms with Crippen LogP contribution in [-0.2, 0) is 77.3 Å². The summed E-state index contributed by atoms with van der Waals surface area (Å²) < 4.78 is 107. The molecule has 23 nitrogen and oxygen atoms in total. The van der Waals surface area contributed by atoms with E-state index in [1.807, 2.05) is 39.8 Å². The number of rotatable bonds is 14. The minimum absolute atomic E-state index is 0.212. The predicted octanol–water partition coefficient (Wildman–Crippen LogP) is 9.93. The van der Waals surface area contributed by atoms with Crippen LogP contribution in [0.25, 0.3) is 67.6 Å². The SMILES string of the molecule is COC(=O)c1cc(-c2c(-c3ccn(CC(F)F)n3)nc3n2CCC3)ccc1N.COC(=O)c1cc(B2OC(C)(C)C(C)(C)O2)ccc1N.FC(F)Cn1ccc(-c2nc3n(c2Br)CCC3)n1.O=c1[nH]cnc2ccc(-c3c(-c4ccn(CC(F)F)n4)nc4n3CCC4)cc12. The van der Waals surface area contributed by atoms with Crippen LogP contribution < -0.4 is 22.5 Å². The van der Waals surface area contributed by atoms with Crippen molar-refractivity contribution in [2.75, 3.05) is 25.7 Å². The van der Waals surface area contributed by atoms with Crippen LogP contribution in [0.3, 0.4) is 0 Å². The van der Waals surface area contributed by atoms with E-state index in [9.17, 15) is 40.7 Å². The number of nitrogens with zero attached hydrogens (tertiary/aromatic N) is 13. The van der Waals surface area contributed by atoms with Gasteiger partial charge in [-0.15, -0.1) is 0 Å². The van der Waals surface area contributed by atoms with Crippen LogP contribution in [0.4, 0.5) is 37.7 Å². The van der Waals surface area contributed by atoms with Gasteiger partial charge in [0, 0.05) is 80.0 Å². The van der Waals surface area contributed by atoms with E-state index >= 15 is 0 Å². The zero-order valence-corrected chi connectivity index (χ0v) is 53.6. The third-order valence-corrected chi connectivity index (χ3v) is 17.5. The molecule has 7 aromatic heterocycles. The lowest BCUT2D eigenvalue weighted by atomic mass is 9.78. The zero-order chi connectivity index (χ0) is 66.9. The summed E-state index contributed by atoms with van der Waals surface area (Å²) in [5, 5.41) is 13.1. The minimum atomic E-state index is -2.49. The highest BCUT2D eigenvalue weighted by molar-refractivity contribution is 9.10. The molecule has 0 aliphatic carbocycles. The quantitative estimate of drug-likeness (QED) is 0.0395. The second kappa shape index (κ2) is 27.3. The first-order valence-electron chi connectivity index (χ1n) is 30.1. The number of imidazole rings is 3. The van der Waals surface area contributed by atoms with Crippen LogP contribution in [0.15, 0.2) is 107 Å². The van der Waals surface area contributed by atoms with Gasteiger partial charge in [-0.3, -0.25) is 18.8 Å². The average molecular weight is 1360 g/mol. The Morgan fingerprint density at radius 2 is 1.03 bits per heavy atom. The van der Waals surface area contributed by atoms with Crippen molar-refractivity contribution in [3.05, 3.63) is 141 Å². The maximum Gasteiger partial charge on any atom is 0.494 e. The number of carbonyl (C=O) groups excluding carboxylic acids is 2. The Labute approximate surface area is 542 Å². The summed E-state index contributed by atoms with van der Waals surface area (Å²) in [7, 11) is 2.10. The van der Waals surface area contributed by atoms with Crippen molar-refractivity contribution in [2.45, 2.75) is 136 Å². The van der Waals surface area contributed by atoms with E-state index in [0.717, 1.165) is 114 Å². The lowest BCUT2D eigenvalue weighted by Crippen LogP contribution is -2.41. The van der Waals surface area contributed by atoms with Crippen LogP contribution >= 0.6 is 15.9 Å². The second-order valence-corrected chi connectivity index (χ2v) is 24.3. The van der Waals surface area contributed by atoms with E-state index in [0.29, 0.717) is 56.3 Å². The van der Waals surface area contributed by atoms with E-state index in [4.69, 9.17) is 40.2 Å². The molecule has 31 heteroatoms. The number of halogens is 7. The van der Waals surface area contributed by atoms with Crippen LogP contribution in [0.1, 0.15) is 85.1 Å². The topological polar surface area (TPSA) is 276 Å². The molecule has 11 heterocycles. The number of H-pyrrole nitrogens is 1. The molecule has 0 saturated carbocycles. The summed E-state index contributed by atoms with van der Waals surface area (Å²) in [6, 6.07) is 20.8. The Hall–Kier alpha value is -9.36. The molecule has 0 spiro atoms. The molecule has 4 aliphatic heterocycles. The number of nitrogens with one attached hydrogen (secondary N) is 1. The summed E-state index contributed by atoms with van der Waals surface area (Å²) in [5.41, 5.74) is 20.1. The molecular weight excluding hydrogens is 1300 g/mol. The van der Waals surface area contributed by atoms with Crippen molar-refractivity contribution in [2.24, 2.45) is 0 Å². The Morgan fingerprint density at radius 1 is 0.606 bits per heavy atom. The lowest BCUT2D eigenvalue weighted by Gasteiger charge is -2.32. The number of anilines is 2.